The first-order valence-electron chi connectivity index (χ1n) is 6.11. The molecule has 2 aromatic carbocycles. The Hall–Kier alpha value is -1.44. The summed E-state index contributed by atoms with van der Waals surface area (Å²) in [6, 6.07) is 9.04. The third-order valence-corrected chi connectivity index (χ3v) is 4.95. The Bertz CT molecular complexity index is 779. The second-order valence-corrected chi connectivity index (χ2v) is 7.10. The minimum absolute atomic E-state index is 0.0905. The molecule has 112 valence electrons. The molecule has 3 N–H and O–H groups in total. The van der Waals surface area contributed by atoms with E-state index in [1.54, 1.807) is 25.1 Å². The molecule has 4 nitrogen and oxygen atoms in total. The van der Waals surface area contributed by atoms with Gasteiger partial charge in [-0.15, -0.1) is 0 Å². The van der Waals surface area contributed by atoms with E-state index in [0.29, 0.717) is 15.6 Å². The number of sulfonamides is 1. The lowest BCUT2D eigenvalue weighted by Gasteiger charge is -2.12. The van der Waals surface area contributed by atoms with Gasteiger partial charge in [0.15, 0.2) is 0 Å². The first kappa shape index (κ1) is 15.9. The molecule has 2 aromatic rings. The summed E-state index contributed by atoms with van der Waals surface area (Å²) in [7, 11) is -3.87. The van der Waals surface area contributed by atoms with Gasteiger partial charge in [-0.3, -0.25) is 4.72 Å². The molecule has 0 heterocycles. The molecule has 0 aliphatic carbocycles. The summed E-state index contributed by atoms with van der Waals surface area (Å²) in [5, 5.41) is 0. The van der Waals surface area contributed by atoms with Crippen molar-refractivity contribution in [3.05, 3.63) is 57.8 Å². The van der Waals surface area contributed by atoms with Gasteiger partial charge in [0, 0.05) is 11.0 Å². The predicted molar refractivity (Wildman–Crippen MR) is 84.0 cm³/mol. The van der Waals surface area contributed by atoms with Gasteiger partial charge < -0.3 is 5.73 Å². The number of halogens is 2. The molecule has 0 unspecified atom stereocenters. The van der Waals surface area contributed by atoms with Gasteiger partial charge in [0.05, 0.1) is 10.6 Å². The first-order valence-corrected chi connectivity index (χ1v) is 8.38. The second-order valence-electron chi connectivity index (χ2n) is 4.53. The van der Waals surface area contributed by atoms with Crippen molar-refractivity contribution in [1.82, 2.24) is 0 Å². The standard InChI is InChI=1S/C14H14BrFN2O2S/c1-9-2-3-10(8-17)6-14(9)21(19,20)18-13-5-4-11(15)7-12(13)16/h2-7,18H,8,17H2,1H3. The van der Waals surface area contributed by atoms with Crippen LogP contribution in [0, 0.1) is 12.7 Å². The molecule has 0 radical (unpaired) electrons. The molecular weight excluding hydrogens is 359 g/mol. The first-order chi connectivity index (χ1) is 9.83. The highest BCUT2D eigenvalue weighted by Crippen LogP contribution is 2.24. The molecule has 0 saturated heterocycles. The Balaban J connectivity index is 2.43. The van der Waals surface area contributed by atoms with E-state index in [1.807, 2.05) is 0 Å². The van der Waals surface area contributed by atoms with E-state index in [1.165, 1.54) is 18.2 Å². The van der Waals surface area contributed by atoms with Crippen molar-refractivity contribution in [2.24, 2.45) is 5.73 Å². The highest BCUT2D eigenvalue weighted by atomic mass is 79.9. The quantitative estimate of drug-likeness (QED) is 0.865. The van der Waals surface area contributed by atoms with Crippen molar-refractivity contribution in [2.45, 2.75) is 18.4 Å². The lowest BCUT2D eigenvalue weighted by molar-refractivity contribution is 0.597. The van der Waals surface area contributed by atoms with Crippen LogP contribution in [-0.2, 0) is 16.6 Å². The number of hydrogen-bond donors (Lipinski definition) is 2. The Kier molecular flexibility index (Phi) is 4.65. The number of hydrogen-bond acceptors (Lipinski definition) is 3. The summed E-state index contributed by atoms with van der Waals surface area (Å²) in [5.41, 5.74) is 6.68. The fourth-order valence-corrected chi connectivity index (χ4v) is 3.53. The minimum Gasteiger partial charge on any atom is -0.326 e. The fraction of sp³-hybridized carbons (Fsp3) is 0.143. The zero-order chi connectivity index (χ0) is 15.6. The van der Waals surface area contributed by atoms with Crippen molar-refractivity contribution in [1.29, 1.82) is 0 Å². The molecule has 0 saturated carbocycles. The van der Waals surface area contributed by atoms with E-state index in [0.717, 1.165) is 0 Å². The van der Waals surface area contributed by atoms with Crippen LogP contribution in [-0.4, -0.2) is 8.42 Å². The number of nitrogens with two attached hydrogens (primary N) is 1. The van der Waals surface area contributed by atoms with E-state index >= 15 is 0 Å². The van der Waals surface area contributed by atoms with Crippen molar-refractivity contribution in [3.8, 4) is 0 Å². The Morgan fingerprint density at radius 3 is 2.57 bits per heavy atom. The second kappa shape index (κ2) is 6.13. The third-order valence-electron chi connectivity index (χ3n) is 2.95. The van der Waals surface area contributed by atoms with Gasteiger partial charge in [0.2, 0.25) is 0 Å². The van der Waals surface area contributed by atoms with Gasteiger partial charge in [-0.1, -0.05) is 28.1 Å². The summed E-state index contributed by atoms with van der Waals surface area (Å²) < 4.78 is 41.3. The summed E-state index contributed by atoms with van der Waals surface area (Å²) in [6.45, 7) is 1.91. The van der Waals surface area contributed by atoms with E-state index in [2.05, 4.69) is 20.7 Å². The number of anilines is 1. The molecule has 0 spiro atoms. The molecule has 0 fully saturated rings. The van der Waals surface area contributed by atoms with Crippen molar-refractivity contribution in [2.75, 3.05) is 4.72 Å². The van der Waals surface area contributed by atoms with Crippen molar-refractivity contribution < 1.29 is 12.8 Å². The molecule has 0 atom stereocenters. The maximum Gasteiger partial charge on any atom is 0.262 e. The van der Waals surface area contributed by atoms with E-state index in [-0.39, 0.29) is 17.1 Å². The van der Waals surface area contributed by atoms with Crippen LogP contribution in [0.1, 0.15) is 11.1 Å². The number of aryl methyl sites for hydroxylation is 1. The van der Waals surface area contributed by atoms with Crippen molar-refractivity contribution >= 4 is 31.6 Å². The molecule has 2 rings (SSSR count). The van der Waals surface area contributed by atoms with Gasteiger partial charge in [0.1, 0.15) is 5.82 Å². The molecule has 0 bridgehead atoms. The van der Waals surface area contributed by atoms with Crippen LogP contribution in [0.4, 0.5) is 10.1 Å². The monoisotopic (exact) mass is 372 g/mol. The lowest BCUT2D eigenvalue weighted by Crippen LogP contribution is -2.16. The van der Waals surface area contributed by atoms with Gasteiger partial charge in [-0.2, -0.15) is 0 Å². The fourth-order valence-electron chi connectivity index (χ4n) is 1.83. The molecule has 21 heavy (non-hydrogen) atoms. The molecule has 0 aliphatic rings. The van der Waals surface area contributed by atoms with E-state index in [9.17, 15) is 12.8 Å². The maximum atomic E-state index is 13.8. The van der Waals surface area contributed by atoms with Crippen LogP contribution in [0.5, 0.6) is 0 Å². The zero-order valence-electron chi connectivity index (χ0n) is 11.2. The Morgan fingerprint density at radius 2 is 1.95 bits per heavy atom. The molecule has 0 aliphatic heterocycles. The van der Waals surface area contributed by atoms with Crippen LogP contribution in [0.25, 0.3) is 0 Å². The summed E-state index contributed by atoms with van der Waals surface area (Å²) in [4.78, 5) is 0.0905. The summed E-state index contributed by atoms with van der Waals surface area (Å²) >= 11 is 3.12. The topological polar surface area (TPSA) is 72.2 Å². The largest absolute Gasteiger partial charge is 0.326 e. The minimum atomic E-state index is -3.87. The zero-order valence-corrected chi connectivity index (χ0v) is 13.6. The van der Waals surface area contributed by atoms with Gasteiger partial charge in [0.25, 0.3) is 10.0 Å². The van der Waals surface area contributed by atoms with Gasteiger partial charge in [-0.25, -0.2) is 12.8 Å². The summed E-state index contributed by atoms with van der Waals surface area (Å²) in [5.74, 6) is -0.652. The molecule has 7 heteroatoms. The van der Waals surface area contributed by atoms with E-state index < -0.39 is 15.8 Å². The summed E-state index contributed by atoms with van der Waals surface area (Å²) in [6.07, 6.45) is 0. The lowest BCUT2D eigenvalue weighted by atomic mass is 10.1. The van der Waals surface area contributed by atoms with E-state index in [4.69, 9.17) is 5.73 Å². The Morgan fingerprint density at radius 1 is 1.24 bits per heavy atom. The van der Waals surface area contributed by atoms with Crippen LogP contribution in [0.3, 0.4) is 0 Å². The normalized spacial score (nSPS) is 11.4. The maximum absolute atomic E-state index is 13.8. The predicted octanol–water partition coefficient (Wildman–Crippen LogP) is 3.16. The van der Waals surface area contributed by atoms with Crippen LogP contribution < -0.4 is 10.5 Å². The molecule has 0 aromatic heterocycles. The Labute approximate surface area is 131 Å². The average molecular weight is 373 g/mol. The van der Waals surface area contributed by atoms with Crippen LogP contribution in [0.15, 0.2) is 45.8 Å². The number of benzene rings is 2. The third kappa shape index (κ3) is 3.61. The highest BCUT2D eigenvalue weighted by molar-refractivity contribution is 9.10. The molecule has 0 amide bonds. The van der Waals surface area contributed by atoms with Gasteiger partial charge >= 0.3 is 0 Å². The van der Waals surface area contributed by atoms with Gasteiger partial charge in [-0.05, 0) is 42.3 Å². The number of rotatable bonds is 4. The smallest absolute Gasteiger partial charge is 0.262 e. The SMILES string of the molecule is Cc1ccc(CN)cc1S(=O)(=O)Nc1ccc(Br)cc1F. The highest BCUT2D eigenvalue weighted by Gasteiger charge is 2.19. The molecular formula is C14H14BrFN2O2S. The van der Waals surface area contributed by atoms with Crippen LogP contribution in [0.2, 0.25) is 0 Å². The number of nitrogens with one attached hydrogen (secondary N) is 1. The average Bonchev–Trinajstić information content (AvgIpc) is 2.42. The van der Waals surface area contributed by atoms with Crippen molar-refractivity contribution in [3.63, 3.8) is 0 Å². The van der Waals surface area contributed by atoms with Crippen LogP contribution >= 0.6 is 15.9 Å².